The predicted octanol–water partition coefficient (Wildman–Crippen LogP) is 1.32. The molecule has 0 heterocycles. The second-order valence-electron chi connectivity index (χ2n) is 3.85. The second-order valence-corrected chi connectivity index (χ2v) is 3.85. The minimum atomic E-state index is -0.284. The standard InChI is InChI=1S/C13H20FNO3/c1-17-8-5-15-10-11-9-12(14)3-4-13(11)18-7-2-6-16/h3-4,9,15-16H,2,5-8,10H2,1H3. The molecule has 1 aromatic carbocycles. The highest BCUT2D eigenvalue weighted by Gasteiger charge is 2.05. The first-order valence-corrected chi connectivity index (χ1v) is 5.99. The molecule has 2 N–H and O–H groups in total. The first-order valence-electron chi connectivity index (χ1n) is 5.99. The molecule has 0 bridgehead atoms. The van der Waals surface area contributed by atoms with Crippen LogP contribution in [0.3, 0.4) is 0 Å². The molecule has 1 rings (SSSR count). The van der Waals surface area contributed by atoms with E-state index in [-0.39, 0.29) is 12.4 Å². The fourth-order valence-electron chi connectivity index (χ4n) is 1.47. The summed E-state index contributed by atoms with van der Waals surface area (Å²) in [7, 11) is 1.63. The molecular formula is C13H20FNO3. The molecular weight excluding hydrogens is 237 g/mol. The van der Waals surface area contributed by atoms with Crippen molar-refractivity contribution in [3.63, 3.8) is 0 Å². The van der Waals surface area contributed by atoms with Crippen molar-refractivity contribution >= 4 is 0 Å². The minimum absolute atomic E-state index is 0.0859. The second kappa shape index (κ2) is 8.85. The summed E-state index contributed by atoms with van der Waals surface area (Å²) in [5, 5.41) is 11.8. The molecule has 0 radical (unpaired) electrons. The minimum Gasteiger partial charge on any atom is -0.493 e. The fraction of sp³-hybridized carbons (Fsp3) is 0.538. The lowest BCUT2D eigenvalue weighted by Gasteiger charge is -2.12. The normalized spacial score (nSPS) is 10.6. The van der Waals surface area contributed by atoms with E-state index in [9.17, 15) is 4.39 Å². The Hall–Kier alpha value is -1.17. The van der Waals surface area contributed by atoms with Gasteiger partial charge < -0.3 is 19.9 Å². The number of hydrogen-bond acceptors (Lipinski definition) is 4. The largest absolute Gasteiger partial charge is 0.493 e. The highest BCUT2D eigenvalue weighted by atomic mass is 19.1. The average Bonchev–Trinajstić information content (AvgIpc) is 2.37. The topological polar surface area (TPSA) is 50.7 Å². The highest BCUT2D eigenvalue weighted by Crippen LogP contribution is 2.19. The number of benzene rings is 1. The maximum atomic E-state index is 13.2. The van der Waals surface area contributed by atoms with Gasteiger partial charge in [-0.2, -0.15) is 0 Å². The number of halogens is 1. The zero-order valence-corrected chi connectivity index (χ0v) is 10.6. The Morgan fingerprint density at radius 2 is 2.17 bits per heavy atom. The molecule has 0 saturated heterocycles. The summed E-state index contributed by atoms with van der Waals surface area (Å²) >= 11 is 0. The number of rotatable bonds is 9. The lowest BCUT2D eigenvalue weighted by Crippen LogP contribution is -2.19. The summed E-state index contributed by atoms with van der Waals surface area (Å²) in [6.45, 7) is 2.34. The Morgan fingerprint density at radius 3 is 2.89 bits per heavy atom. The Labute approximate surface area is 107 Å². The summed E-state index contributed by atoms with van der Waals surface area (Å²) in [6, 6.07) is 4.43. The van der Waals surface area contributed by atoms with Gasteiger partial charge in [-0.3, -0.25) is 0 Å². The van der Waals surface area contributed by atoms with Crippen LogP contribution in [0.5, 0.6) is 5.75 Å². The maximum Gasteiger partial charge on any atom is 0.123 e. The zero-order valence-electron chi connectivity index (χ0n) is 10.6. The Kier molecular flexibility index (Phi) is 7.32. The van der Waals surface area contributed by atoms with E-state index < -0.39 is 0 Å². The zero-order chi connectivity index (χ0) is 13.2. The van der Waals surface area contributed by atoms with Crippen molar-refractivity contribution in [3.8, 4) is 5.75 Å². The van der Waals surface area contributed by atoms with Gasteiger partial charge in [0.05, 0.1) is 13.2 Å². The maximum absolute atomic E-state index is 13.2. The van der Waals surface area contributed by atoms with Gasteiger partial charge in [-0.05, 0) is 18.2 Å². The van der Waals surface area contributed by atoms with Gasteiger partial charge in [0.15, 0.2) is 0 Å². The molecule has 4 nitrogen and oxygen atoms in total. The van der Waals surface area contributed by atoms with E-state index >= 15 is 0 Å². The van der Waals surface area contributed by atoms with Crippen molar-refractivity contribution in [3.05, 3.63) is 29.6 Å². The van der Waals surface area contributed by atoms with Crippen molar-refractivity contribution < 1.29 is 19.0 Å². The first-order chi connectivity index (χ1) is 8.77. The van der Waals surface area contributed by atoms with Crippen LogP contribution in [0, 0.1) is 5.82 Å². The number of aliphatic hydroxyl groups excluding tert-OH is 1. The van der Waals surface area contributed by atoms with Gasteiger partial charge in [0.1, 0.15) is 11.6 Å². The summed E-state index contributed by atoms with van der Waals surface area (Å²) in [5.41, 5.74) is 0.768. The van der Waals surface area contributed by atoms with E-state index in [4.69, 9.17) is 14.6 Å². The lowest BCUT2D eigenvalue weighted by molar-refractivity contribution is 0.198. The SMILES string of the molecule is COCCNCc1cc(F)ccc1OCCCO. The van der Waals surface area contributed by atoms with E-state index in [0.29, 0.717) is 38.5 Å². The predicted molar refractivity (Wildman–Crippen MR) is 67.2 cm³/mol. The van der Waals surface area contributed by atoms with E-state index in [1.807, 2.05) is 0 Å². The first kappa shape index (κ1) is 14.9. The summed E-state index contributed by atoms with van der Waals surface area (Å²) in [6.07, 6.45) is 0.563. The third-order valence-electron chi connectivity index (χ3n) is 2.38. The number of methoxy groups -OCH3 is 1. The molecule has 0 saturated carbocycles. The van der Waals surface area contributed by atoms with Gasteiger partial charge in [-0.1, -0.05) is 0 Å². The van der Waals surface area contributed by atoms with Crippen LogP contribution in [0.2, 0.25) is 0 Å². The van der Waals surface area contributed by atoms with Crippen LogP contribution in [0.25, 0.3) is 0 Å². The highest BCUT2D eigenvalue weighted by molar-refractivity contribution is 5.33. The van der Waals surface area contributed by atoms with Gasteiger partial charge in [0.25, 0.3) is 0 Å². The van der Waals surface area contributed by atoms with Gasteiger partial charge >= 0.3 is 0 Å². The summed E-state index contributed by atoms with van der Waals surface area (Å²) in [5.74, 6) is 0.364. The van der Waals surface area contributed by atoms with Crippen molar-refractivity contribution in [2.75, 3.05) is 33.5 Å². The number of aliphatic hydroxyl groups is 1. The monoisotopic (exact) mass is 257 g/mol. The van der Waals surface area contributed by atoms with E-state index in [0.717, 1.165) is 5.56 Å². The van der Waals surface area contributed by atoms with Crippen LogP contribution in [-0.2, 0) is 11.3 Å². The molecule has 0 aliphatic rings. The van der Waals surface area contributed by atoms with Crippen LogP contribution >= 0.6 is 0 Å². The Bertz CT molecular complexity index is 347. The third-order valence-corrected chi connectivity index (χ3v) is 2.38. The molecule has 0 unspecified atom stereocenters. The molecule has 0 amide bonds. The van der Waals surface area contributed by atoms with Crippen molar-refractivity contribution in [1.82, 2.24) is 5.32 Å². The van der Waals surface area contributed by atoms with Gasteiger partial charge in [0, 0.05) is 38.8 Å². The average molecular weight is 257 g/mol. The van der Waals surface area contributed by atoms with E-state index in [2.05, 4.69) is 5.32 Å². The number of nitrogens with one attached hydrogen (secondary N) is 1. The van der Waals surface area contributed by atoms with Crippen LogP contribution in [0.15, 0.2) is 18.2 Å². The van der Waals surface area contributed by atoms with Crippen LogP contribution in [0.1, 0.15) is 12.0 Å². The van der Waals surface area contributed by atoms with Gasteiger partial charge in [-0.15, -0.1) is 0 Å². The van der Waals surface area contributed by atoms with Gasteiger partial charge in [-0.25, -0.2) is 4.39 Å². The van der Waals surface area contributed by atoms with Crippen molar-refractivity contribution in [1.29, 1.82) is 0 Å². The molecule has 18 heavy (non-hydrogen) atoms. The number of ether oxygens (including phenoxy) is 2. The van der Waals surface area contributed by atoms with Gasteiger partial charge in [0.2, 0.25) is 0 Å². The summed E-state index contributed by atoms with van der Waals surface area (Å²) < 4.78 is 23.6. The van der Waals surface area contributed by atoms with E-state index in [1.165, 1.54) is 12.1 Å². The molecule has 102 valence electrons. The third kappa shape index (κ3) is 5.44. The van der Waals surface area contributed by atoms with Crippen LogP contribution in [0.4, 0.5) is 4.39 Å². The Morgan fingerprint density at radius 1 is 1.33 bits per heavy atom. The lowest BCUT2D eigenvalue weighted by atomic mass is 10.2. The molecule has 0 spiro atoms. The number of hydrogen-bond donors (Lipinski definition) is 2. The molecule has 0 aliphatic carbocycles. The molecule has 0 aromatic heterocycles. The quantitative estimate of drug-likeness (QED) is 0.655. The van der Waals surface area contributed by atoms with Crippen LogP contribution < -0.4 is 10.1 Å². The molecule has 0 atom stereocenters. The molecule has 1 aromatic rings. The van der Waals surface area contributed by atoms with Crippen LogP contribution in [-0.4, -0.2) is 38.6 Å². The summed E-state index contributed by atoms with van der Waals surface area (Å²) in [4.78, 5) is 0. The Balaban J connectivity index is 2.53. The fourth-order valence-corrected chi connectivity index (χ4v) is 1.47. The molecule has 0 aliphatic heterocycles. The molecule has 5 heteroatoms. The van der Waals surface area contributed by atoms with E-state index in [1.54, 1.807) is 13.2 Å². The smallest absolute Gasteiger partial charge is 0.123 e. The molecule has 0 fully saturated rings. The van der Waals surface area contributed by atoms with Crippen molar-refractivity contribution in [2.45, 2.75) is 13.0 Å². The van der Waals surface area contributed by atoms with Crippen molar-refractivity contribution in [2.24, 2.45) is 0 Å².